The summed E-state index contributed by atoms with van der Waals surface area (Å²) >= 11 is 0. The quantitative estimate of drug-likeness (QED) is 0.532. The molecule has 3 aromatic rings. The minimum Gasteiger partial charge on any atom is -0.381 e. The summed E-state index contributed by atoms with van der Waals surface area (Å²) in [6.07, 6.45) is 10.5. The van der Waals surface area contributed by atoms with Crippen molar-refractivity contribution in [3.63, 3.8) is 0 Å². The molecule has 3 aliphatic rings. The maximum atomic E-state index is 12.8. The fourth-order valence-corrected chi connectivity index (χ4v) is 6.03. The van der Waals surface area contributed by atoms with Crippen molar-refractivity contribution in [1.82, 2.24) is 24.5 Å². The van der Waals surface area contributed by atoms with E-state index in [1.807, 2.05) is 22.8 Å². The Hall–Kier alpha value is -3.13. The number of amides is 1. The van der Waals surface area contributed by atoms with Gasteiger partial charge in [-0.1, -0.05) is 13.0 Å². The topological polar surface area (TPSA) is 68.4 Å². The summed E-state index contributed by atoms with van der Waals surface area (Å²) in [7, 11) is 1.95. The van der Waals surface area contributed by atoms with Gasteiger partial charge in [-0.15, -0.1) is 0 Å². The molecule has 8 heteroatoms. The average Bonchev–Trinajstić information content (AvgIpc) is 3.52. The van der Waals surface area contributed by atoms with E-state index < -0.39 is 0 Å². The van der Waals surface area contributed by atoms with Gasteiger partial charge in [-0.3, -0.25) is 14.2 Å². The molecule has 0 atom stereocenters. The van der Waals surface area contributed by atoms with Crippen LogP contribution < -0.4 is 4.90 Å². The summed E-state index contributed by atoms with van der Waals surface area (Å²) in [4.78, 5) is 17.3. The van der Waals surface area contributed by atoms with Crippen LogP contribution in [0.1, 0.15) is 61.9 Å². The van der Waals surface area contributed by atoms with Crippen LogP contribution in [0.4, 0.5) is 11.5 Å². The highest BCUT2D eigenvalue weighted by atomic mass is 16.5. The number of carbonyl (C=O) groups is 1. The van der Waals surface area contributed by atoms with Crippen LogP contribution in [0.15, 0.2) is 30.6 Å². The molecule has 0 spiro atoms. The number of aryl methyl sites for hydroxylation is 2. The predicted octanol–water partition coefficient (Wildman–Crippen LogP) is 4.40. The molecule has 6 rings (SSSR count). The van der Waals surface area contributed by atoms with Crippen molar-refractivity contribution in [2.24, 2.45) is 7.05 Å². The fraction of sp³-hybridized carbons (Fsp3) is 0.536. The molecule has 8 nitrogen and oxygen atoms in total. The number of hydrogen-bond acceptors (Lipinski definition) is 5. The van der Waals surface area contributed by atoms with Crippen molar-refractivity contribution in [2.45, 2.75) is 64.5 Å². The summed E-state index contributed by atoms with van der Waals surface area (Å²) in [5, 5.41) is 9.65. The van der Waals surface area contributed by atoms with Gasteiger partial charge < -0.3 is 14.5 Å². The third kappa shape index (κ3) is 4.21. The molecule has 1 saturated heterocycles. The zero-order valence-electron chi connectivity index (χ0n) is 21.4. The van der Waals surface area contributed by atoms with Crippen molar-refractivity contribution in [3.05, 3.63) is 47.4 Å². The van der Waals surface area contributed by atoms with Crippen molar-refractivity contribution < 1.29 is 9.53 Å². The third-order valence-corrected chi connectivity index (χ3v) is 7.91. The molecule has 1 amide bonds. The third-order valence-electron chi connectivity index (χ3n) is 7.91. The van der Waals surface area contributed by atoms with Gasteiger partial charge in [0.25, 0.3) is 0 Å². The largest absolute Gasteiger partial charge is 0.381 e. The molecule has 36 heavy (non-hydrogen) atoms. The normalized spacial score (nSPS) is 18.3. The van der Waals surface area contributed by atoms with Gasteiger partial charge in [0.15, 0.2) is 5.82 Å². The van der Waals surface area contributed by atoms with Gasteiger partial charge in [0.05, 0.1) is 18.8 Å². The van der Waals surface area contributed by atoms with E-state index >= 15 is 0 Å². The molecule has 190 valence electrons. The maximum Gasteiger partial charge on any atom is 0.222 e. The molecule has 3 aliphatic heterocycles. The van der Waals surface area contributed by atoms with Gasteiger partial charge >= 0.3 is 0 Å². The Labute approximate surface area is 212 Å². The number of anilines is 2. The van der Waals surface area contributed by atoms with E-state index in [-0.39, 0.29) is 5.91 Å². The SMILES string of the molecule is CCCC(=O)N1CCc2c(c(N3CCCc4cc(-c5cnn(C)c5)ccc43)nn2C2CCOCC2)C1. The molecular weight excluding hydrogens is 452 g/mol. The lowest BCUT2D eigenvalue weighted by Gasteiger charge is -2.33. The van der Waals surface area contributed by atoms with Crippen molar-refractivity contribution in [2.75, 3.05) is 31.2 Å². The van der Waals surface area contributed by atoms with E-state index in [0.717, 1.165) is 76.2 Å². The molecule has 0 saturated carbocycles. The lowest BCUT2D eigenvalue weighted by atomic mass is 9.96. The second kappa shape index (κ2) is 9.73. The molecule has 1 aromatic carbocycles. The van der Waals surface area contributed by atoms with E-state index in [2.05, 4.69) is 46.0 Å². The van der Waals surface area contributed by atoms with Crippen molar-refractivity contribution >= 4 is 17.4 Å². The Morgan fingerprint density at radius 1 is 1.14 bits per heavy atom. The number of ether oxygens (including phenoxy) is 1. The Morgan fingerprint density at radius 2 is 2.00 bits per heavy atom. The van der Waals surface area contributed by atoms with E-state index in [1.165, 1.54) is 28.1 Å². The van der Waals surface area contributed by atoms with E-state index in [9.17, 15) is 4.79 Å². The average molecular weight is 489 g/mol. The summed E-state index contributed by atoms with van der Waals surface area (Å²) in [6.45, 7) is 6.04. The van der Waals surface area contributed by atoms with E-state index in [4.69, 9.17) is 9.84 Å². The summed E-state index contributed by atoms with van der Waals surface area (Å²) in [5.41, 5.74) is 7.49. The van der Waals surface area contributed by atoms with Gasteiger partial charge in [-0.2, -0.15) is 10.2 Å². The van der Waals surface area contributed by atoms with Crippen LogP contribution in [-0.4, -0.2) is 56.7 Å². The van der Waals surface area contributed by atoms with Gasteiger partial charge in [-0.05, 0) is 55.4 Å². The number of rotatable bonds is 5. The maximum absolute atomic E-state index is 12.8. The number of carbonyl (C=O) groups excluding carboxylic acids is 1. The molecule has 0 N–H and O–H groups in total. The van der Waals surface area contributed by atoms with Crippen molar-refractivity contribution in [1.29, 1.82) is 0 Å². The number of hydrogen-bond donors (Lipinski definition) is 0. The Balaban J connectivity index is 1.39. The standard InChI is InChI=1S/C28H36N6O2/c1-3-5-27(35)32-13-9-26-24(19-32)28(30-34(26)23-10-14-36-15-11-23)33-12-4-6-21-16-20(7-8-25(21)33)22-17-29-31(2)18-22/h7-8,16-18,23H,3-6,9-15,19H2,1-2H3. The van der Waals surface area contributed by atoms with Gasteiger partial charge in [0.1, 0.15) is 0 Å². The highest BCUT2D eigenvalue weighted by Crippen LogP contribution is 2.40. The molecule has 1 fully saturated rings. The van der Waals surface area contributed by atoms with Crippen LogP contribution >= 0.6 is 0 Å². The second-order valence-electron chi connectivity index (χ2n) is 10.4. The predicted molar refractivity (Wildman–Crippen MR) is 139 cm³/mol. The Bertz CT molecular complexity index is 1250. The number of nitrogens with zero attached hydrogens (tertiary/aromatic N) is 6. The van der Waals surface area contributed by atoms with Crippen LogP contribution in [0.3, 0.4) is 0 Å². The van der Waals surface area contributed by atoms with Crippen LogP contribution in [0, 0.1) is 0 Å². The molecule has 0 bridgehead atoms. The lowest BCUT2D eigenvalue weighted by Crippen LogP contribution is -2.37. The van der Waals surface area contributed by atoms with Crippen LogP contribution in [0.5, 0.6) is 0 Å². The minimum atomic E-state index is 0.257. The molecular formula is C28H36N6O2. The van der Waals surface area contributed by atoms with Crippen LogP contribution in [-0.2, 0) is 36.0 Å². The zero-order chi connectivity index (χ0) is 24.6. The number of aromatic nitrogens is 4. The lowest BCUT2D eigenvalue weighted by molar-refractivity contribution is -0.132. The number of benzene rings is 1. The monoisotopic (exact) mass is 488 g/mol. The summed E-state index contributed by atoms with van der Waals surface area (Å²) in [6, 6.07) is 7.14. The van der Waals surface area contributed by atoms with E-state index in [0.29, 0.717) is 19.0 Å². The highest BCUT2D eigenvalue weighted by Gasteiger charge is 2.33. The van der Waals surface area contributed by atoms with Crippen LogP contribution in [0.2, 0.25) is 0 Å². The summed E-state index contributed by atoms with van der Waals surface area (Å²) in [5.74, 6) is 1.30. The first-order chi connectivity index (χ1) is 17.6. The molecule has 0 unspecified atom stereocenters. The molecule has 5 heterocycles. The fourth-order valence-electron chi connectivity index (χ4n) is 6.03. The summed E-state index contributed by atoms with van der Waals surface area (Å²) < 4.78 is 9.80. The molecule has 0 radical (unpaired) electrons. The smallest absolute Gasteiger partial charge is 0.222 e. The van der Waals surface area contributed by atoms with Gasteiger partial charge in [0.2, 0.25) is 5.91 Å². The van der Waals surface area contributed by atoms with Crippen LogP contribution in [0.25, 0.3) is 11.1 Å². The zero-order valence-corrected chi connectivity index (χ0v) is 21.4. The van der Waals surface area contributed by atoms with Crippen molar-refractivity contribution in [3.8, 4) is 11.1 Å². The molecule has 0 aliphatic carbocycles. The minimum absolute atomic E-state index is 0.257. The first kappa shape index (κ1) is 23.3. The first-order valence-corrected chi connectivity index (χ1v) is 13.5. The number of fused-ring (bicyclic) bond motifs is 2. The second-order valence-corrected chi connectivity index (χ2v) is 10.4. The molecule has 2 aromatic heterocycles. The van der Waals surface area contributed by atoms with E-state index in [1.54, 1.807) is 0 Å². The van der Waals surface area contributed by atoms with Gasteiger partial charge in [0, 0.05) is 74.9 Å². The Morgan fingerprint density at radius 3 is 2.78 bits per heavy atom. The highest BCUT2D eigenvalue weighted by molar-refractivity contribution is 5.78. The first-order valence-electron chi connectivity index (χ1n) is 13.5. The Kier molecular flexibility index (Phi) is 6.29. The van der Waals surface area contributed by atoms with Gasteiger partial charge in [-0.25, -0.2) is 0 Å².